The average Bonchev–Trinajstić information content (AvgIpc) is 2.62. The van der Waals surface area contributed by atoms with Gasteiger partial charge in [0.2, 0.25) is 0 Å². The minimum Gasteiger partial charge on any atom is -0.452 e. The lowest BCUT2D eigenvalue weighted by Gasteiger charge is -2.20. The summed E-state index contributed by atoms with van der Waals surface area (Å²) in [5.41, 5.74) is 6.30. The number of benzene rings is 2. The van der Waals surface area contributed by atoms with Crippen molar-refractivity contribution >= 4 is 35.2 Å². The van der Waals surface area contributed by atoms with Crippen LogP contribution in [0, 0.1) is 0 Å². The molecule has 27 heavy (non-hydrogen) atoms. The number of urea groups is 1. The number of amides is 3. The molecule has 8 heteroatoms. The first-order valence-electron chi connectivity index (χ1n) is 8.22. The molecule has 0 aliphatic heterocycles. The minimum atomic E-state index is -1.02. The van der Waals surface area contributed by atoms with Crippen molar-refractivity contribution in [1.82, 2.24) is 5.32 Å². The zero-order chi connectivity index (χ0) is 19.8. The standard InChI is InChI=1S/C19H20ClN3O4/c1-12(18(25)22-13-7-3-2-4-8-13)27-17(24)11-16(23-19(21)26)14-9-5-6-10-15(14)20/h2-10,12,16H,11H2,1H3,(H,22,25)(H3,21,23,26)/t12-,16-/m1/s1. The summed E-state index contributed by atoms with van der Waals surface area (Å²) >= 11 is 6.12. The van der Waals surface area contributed by atoms with E-state index in [0.717, 1.165) is 0 Å². The molecule has 0 saturated carbocycles. The van der Waals surface area contributed by atoms with Gasteiger partial charge in [-0.25, -0.2) is 4.79 Å². The zero-order valence-corrected chi connectivity index (χ0v) is 15.4. The smallest absolute Gasteiger partial charge is 0.312 e. The van der Waals surface area contributed by atoms with Gasteiger partial charge in [0.05, 0.1) is 12.5 Å². The summed E-state index contributed by atoms with van der Waals surface area (Å²) in [6, 6.07) is 14.0. The van der Waals surface area contributed by atoms with Crippen molar-refractivity contribution in [2.45, 2.75) is 25.5 Å². The molecular weight excluding hydrogens is 370 g/mol. The predicted molar refractivity (Wildman–Crippen MR) is 102 cm³/mol. The lowest BCUT2D eigenvalue weighted by Crippen LogP contribution is -2.36. The van der Waals surface area contributed by atoms with E-state index in [1.165, 1.54) is 6.92 Å². The quantitative estimate of drug-likeness (QED) is 0.632. The van der Waals surface area contributed by atoms with E-state index in [1.54, 1.807) is 48.5 Å². The van der Waals surface area contributed by atoms with Crippen LogP contribution in [-0.4, -0.2) is 24.0 Å². The first kappa shape index (κ1) is 20.3. The minimum absolute atomic E-state index is 0.227. The highest BCUT2D eigenvalue weighted by atomic mass is 35.5. The molecule has 2 rings (SSSR count). The number of ether oxygens (including phenoxy) is 1. The van der Waals surface area contributed by atoms with Crippen LogP contribution in [0.5, 0.6) is 0 Å². The Bertz CT molecular complexity index is 814. The molecule has 0 aromatic heterocycles. The van der Waals surface area contributed by atoms with Crippen molar-refractivity contribution in [3.63, 3.8) is 0 Å². The van der Waals surface area contributed by atoms with Gasteiger partial charge in [-0.1, -0.05) is 48.0 Å². The first-order valence-corrected chi connectivity index (χ1v) is 8.60. The fourth-order valence-electron chi connectivity index (χ4n) is 2.40. The van der Waals surface area contributed by atoms with Gasteiger partial charge in [-0.15, -0.1) is 0 Å². The summed E-state index contributed by atoms with van der Waals surface area (Å²) < 4.78 is 5.17. The molecule has 2 aromatic rings. The van der Waals surface area contributed by atoms with Crippen LogP contribution >= 0.6 is 11.6 Å². The van der Waals surface area contributed by atoms with Gasteiger partial charge in [0.25, 0.3) is 5.91 Å². The van der Waals surface area contributed by atoms with Crippen molar-refractivity contribution in [3.05, 3.63) is 65.2 Å². The van der Waals surface area contributed by atoms with Gasteiger partial charge in [-0.3, -0.25) is 9.59 Å². The second-order valence-corrected chi connectivity index (χ2v) is 6.18. The number of hydrogen-bond acceptors (Lipinski definition) is 4. The summed E-state index contributed by atoms with van der Waals surface area (Å²) in [5.74, 6) is -1.14. The van der Waals surface area contributed by atoms with E-state index in [9.17, 15) is 14.4 Å². The van der Waals surface area contributed by atoms with Crippen LogP contribution in [-0.2, 0) is 14.3 Å². The Hall–Kier alpha value is -3.06. The van der Waals surface area contributed by atoms with Gasteiger partial charge in [0.1, 0.15) is 0 Å². The first-order chi connectivity index (χ1) is 12.9. The number of anilines is 1. The molecular formula is C19H20ClN3O4. The van der Waals surface area contributed by atoms with Crippen LogP contribution in [0.15, 0.2) is 54.6 Å². The monoisotopic (exact) mass is 389 g/mol. The Kier molecular flexibility index (Phi) is 7.19. The van der Waals surface area contributed by atoms with Crippen LogP contribution in [0.2, 0.25) is 5.02 Å². The lowest BCUT2D eigenvalue weighted by molar-refractivity contribution is -0.153. The molecule has 2 atom stereocenters. The van der Waals surface area contributed by atoms with Gasteiger partial charge < -0.3 is 21.1 Å². The van der Waals surface area contributed by atoms with Crippen LogP contribution in [0.4, 0.5) is 10.5 Å². The molecule has 0 aliphatic carbocycles. The van der Waals surface area contributed by atoms with E-state index >= 15 is 0 Å². The molecule has 0 saturated heterocycles. The molecule has 0 fully saturated rings. The van der Waals surface area contributed by atoms with Crippen molar-refractivity contribution in [2.75, 3.05) is 5.32 Å². The highest BCUT2D eigenvalue weighted by molar-refractivity contribution is 6.31. The highest BCUT2D eigenvalue weighted by Crippen LogP contribution is 2.25. The van der Waals surface area contributed by atoms with Gasteiger partial charge in [0, 0.05) is 10.7 Å². The van der Waals surface area contributed by atoms with E-state index in [0.29, 0.717) is 16.3 Å². The number of carbonyl (C=O) groups is 3. The molecule has 2 aromatic carbocycles. The second-order valence-electron chi connectivity index (χ2n) is 5.77. The summed E-state index contributed by atoms with van der Waals surface area (Å²) in [4.78, 5) is 35.6. The number of hydrogen-bond donors (Lipinski definition) is 3. The maximum Gasteiger partial charge on any atom is 0.312 e. The molecule has 3 amide bonds. The largest absolute Gasteiger partial charge is 0.452 e. The third kappa shape index (κ3) is 6.31. The SMILES string of the molecule is C[C@@H](OC(=O)C[C@@H](NC(N)=O)c1ccccc1Cl)C(=O)Nc1ccccc1. The van der Waals surface area contributed by atoms with E-state index in [4.69, 9.17) is 22.1 Å². The van der Waals surface area contributed by atoms with E-state index < -0.39 is 30.1 Å². The third-order valence-corrected chi connectivity index (χ3v) is 4.03. The molecule has 0 bridgehead atoms. The Morgan fingerprint density at radius 2 is 1.70 bits per heavy atom. The Morgan fingerprint density at radius 3 is 2.33 bits per heavy atom. The van der Waals surface area contributed by atoms with Gasteiger partial charge in [-0.05, 0) is 30.7 Å². The molecule has 7 nitrogen and oxygen atoms in total. The van der Waals surface area contributed by atoms with Gasteiger partial charge in [0.15, 0.2) is 6.10 Å². The lowest BCUT2D eigenvalue weighted by atomic mass is 10.0. The molecule has 4 N–H and O–H groups in total. The molecule has 142 valence electrons. The van der Waals surface area contributed by atoms with Gasteiger partial charge >= 0.3 is 12.0 Å². The molecule has 0 spiro atoms. The number of rotatable bonds is 7. The van der Waals surface area contributed by atoms with E-state index in [-0.39, 0.29) is 6.42 Å². The summed E-state index contributed by atoms with van der Waals surface area (Å²) in [6.45, 7) is 1.46. The zero-order valence-electron chi connectivity index (χ0n) is 14.6. The van der Waals surface area contributed by atoms with Crippen LogP contribution in [0.3, 0.4) is 0 Å². The number of para-hydroxylation sites is 1. The van der Waals surface area contributed by atoms with Crippen LogP contribution in [0.25, 0.3) is 0 Å². The second kappa shape index (κ2) is 9.59. The third-order valence-electron chi connectivity index (χ3n) is 3.69. The number of carbonyl (C=O) groups excluding carboxylic acids is 3. The Balaban J connectivity index is 1.99. The van der Waals surface area contributed by atoms with Crippen LogP contribution < -0.4 is 16.4 Å². The van der Waals surface area contributed by atoms with E-state index in [1.807, 2.05) is 6.07 Å². The summed E-state index contributed by atoms with van der Waals surface area (Å²) in [6.07, 6.45) is -1.24. The summed E-state index contributed by atoms with van der Waals surface area (Å²) in [7, 11) is 0. The molecule has 0 heterocycles. The van der Waals surface area contributed by atoms with E-state index in [2.05, 4.69) is 10.6 Å². The molecule has 0 aliphatic rings. The Morgan fingerprint density at radius 1 is 1.07 bits per heavy atom. The normalized spacial score (nSPS) is 12.5. The fraction of sp³-hybridized carbons (Fsp3) is 0.211. The van der Waals surface area contributed by atoms with Crippen molar-refractivity contribution < 1.29 is 19.1 Å². The van der Waals surface area contributed by atoms with Crippen molar-refractivity contribution in [1.29, 1.82) is 0 Å². The Labute approximate surface area is 161 Å². The average molecular weight is 390 g/mol. The van der Waals surface area contributed by atoms with Gasteiger partial charge in [-0.2, -0.15) is 0 Å². The van der Waals surface area contributed by atoms with Crippen molar-refractivity contribution in [2.24, 2.45) is 5.73 Å². The number of nitrogens with two attached hydrogens (primary N) is 1. The maximum atomic E-state index is 12.2. The highest BCUT2D eigenvalue weighted by Gasteiger charge is 2.24. The van der Waals surface area contributed by atoms with Crippen LogP contribution in [0.1, 0.15) is 24.9 Å². The number of halogens is 1. The number of primary amides is 1. The topological polar surface area (TPSA) is 111 Å². The van der Waals surface area contributed by atoms with Crippen molar-refractivity contribution in [3.8, 4) is 0 Å². The number of nitrogens with one attached hydrogen (secondary N) is 2. The molecule has 0 unspecified atom stereocenters. The fourth-order valence-corrected chi connectivity index (χ4v) is 2.67. The summed E-state index contributed by atoms with van der Waals surface area (Å²) in [5, 5.41) is 5.48. The molecule has 0 radical (unpaired) electrons. The predicted octanol–water partition coefficient (Wildman–Crippen LogP) is 3.01. The maximum absolute atomic E-state index is 12.2. The number of esters is 1.